The van der Waals surface area contributed by atoms with Crippen LogP contribution in [0.3, 0.4) is 0 Å². The Bertz CT molecular complexity index is 873. The third kappa shape index (κ3) is 4.21. The number of hydrogen-bond donors (Lipinski definition) is 2. The van der Waals surface area contributed by atoms with E-state index in [-0.39, 0.29) is 22.5 Å². The molecule has 0 spiro atoms. The van der Waals surface area contributed by atoms with Gasteiger partial charge in [0.05, 0.1) is 16.5 Å². The van der Waals surface area contributed by atoms with Gasteiger partial charge in [0.15, 0.2) is 0 Å². The van der Waals surface area contributed by atoms with Crippen LogP contribution in [-0.4, -0.2) is 17.1 Å². The van der Waals surface area contributed by atoms with Gasteiger partial charge in [-0.15, -0.1) is 11.8 Å². The Labute approximate surface area is 159 Å². The molecule has 2 aromatic carbocycles. The first-order chi connectivity index (χ1) is 12.2. The summed E-state index contributed by atoms with van der Waals surface area (Å²) in [5, 5.41) is 4.49. The first kappa shape index (κ1) is 18.8. The van der Waals surface area contributed by atoms with E-state index in [0.717, 1.165) is 11.0 Å². The highest BCUT2D eigenvalue weighted by atomic mass is 79.9. The zero-order chi connectivity index (χ0) is 18.9. The van der Waals surface area contributed by atoms with Crippen LogP contribution in [0.5, 0.6) is 0 Å². The number of rotatable bonds is 3. The summed E-state index contributed by atoms with van der Waals surface area (Å²) in [5.74, 6) is -0.844. The molecule has 1 aliphatic heterocycles. The van der Waals surface area contributed by atoms with Crippen molar-refractivity contribution in [2.24, 2.45) is 0 Å². The molecule has 136 valence electrons. The first-order valence-corrected chi connectivity index (χ1v) is 9.14. The predicted octanol–water partition coefficient (Wildman–Crippen LogP) is 4.91. The number of thioether (sulfide) groups is 1. The van der Waals surface area contributed by atoms with E-state index in [9.17, 15) is 22.8 Å². The van der Waals surface area contributed by atoms with E-state index in [1.807, 2.05) is 12.1 Å². The van der Waals surface area contributed by atoms with Gasteiger partial charge in [0.25, 0.3) is 0 Å². The standard InChI is InChI=1S/C17H12BrF3N2O2S/c18-11-6-5-9(7-10(11)17(19,20)21)22-15(24)8-14-16(25)23-12-3-1-2-4-13(12)26-14/h1-7,14H,8H2,(H,22,24)(H,23,25)/t14-/m1/s1. The second kappa shape index (κ2) is 7.32. The SMILES string of the molecule is O=C(C[C@H]1Sc2ccccc2NC1=O)Nc1ccc(Br)c(C(F)(F)F)c1. The summed E-state index contributed by atoms with van der Waals surface area (Å²) >= 11 is 4.10. The van der Waals surface area contributed by atoms with Crippen molar-refractivity contribution < 1.29 is 22.8 Å². The minimum absolute atomic E-state index is 0.0205. The van der Waals surface area contributed by atoms with Gasteiger partial charge in [-0.3, -0.25) is 9.59 Å². The molecule has 3 rings (SSSR count). The summed E-state index contributed by atoms with van der Waals surface area (Å²) in [7, 11) is 0. The van der Waals surface area contributed by atoms with Gasteiger partial charge < -0.3 is 10.6 Å². The highest BCUT2D eigenvalue weighted by molar-refractivity contribution is 9.10. The molecule has 0 aromatic heterocycles. The monoisotopic (exact) mass is 444 g/mol. The third-order valence-electron chi connectivity index (χ3n) is 3.63. The average Bonchev–Trinajstić information content (AvgIpc) is 2.56. The van der Waals surface area contributed by atoms with E-state index < -0.39 is 22.9 Å². The lowest BCUT2D eigenvalue weighted by Crippen LogP contribution is -2.32. The summed E-state index contributed by atoms with van der Waals surface area (Å²) in [6.45, 7) is 0. The van der Waals surface area contributed by atoms with E-state index >= 15 is 0 Å². The second-order valence-electron chi connectivity index (χ2n) is 5.54. The van der Waals surface area contributed by atoms with E-state index in [2.05, 4.69) is 26.6 Å². The number of fused-ring (bicyclic) bond motifs is 1. The lowest BCUT2D eigenvalue weighted by atomic mass is 10.2. The maximum absolute atomic E-state index is 12.9. The van der Waals surface area contributed by atoms with Crippen molar-refractivity contribution >= 4 is 50.9 Å². The summed E-state index contributed by atoms with van der Waals surface area (Å²) in [6.07, 6.45) is -4.69. The van der Waals surface area contributed by atoms with Crippen LogP contribution in [0, 0.1) is 0 Å². The van der Waals surface area contributed by atoms with Gasteiger partial charge in [-0.1, -0.05) is 28.1 Å². The maximum atomic E-state index is 12.9. The molecule has 2 N–H and O–H groups in total. The van der Waals surface area contributed by atoms with Crippen LogP contribution >= 0.6 is 27.7 Å². The summed E-state index contributed by atoms with van der Waals surface area (Å²) in [5.41, 5.74) is -0.178. The zero-order valence-electron chi connectivity index (χ0n) is 13.1. The quantitative estimate of drug-likeness (QED) is 0.706. The van der Waals surface area contributed by atoms with E-state index in [1.165, 1.54) is 23.9 Å². The number of alkyl halides is 3. The molecule has 2 amide bonds. The summed E-state index contributed by atoms with van der Waals surface area (Å²) < 4.78 is 38.7. The number of anilines is 2. The number of carbonyl (C=O) groups is 2. The molecule has 4 nitrogen and oxygen atoms in total. The Morgan fingerprint density at radius 2 is 1.96 bits per heavy atom. The molecule has 1 heterocycles. The average molecular weight is 445 g/mol. The first-order valence-electron chi connectivity index (χ1n) is 7.47. The highest BCUT2D eigenvalue weighted by Crippen LogP contribution is 2.38. The Hall–Kier alpha value is -2.00. The van der Waals surface area contributed by atoms with Crippen molar-refractivity contribution in [2.75, 3.05) is 10.6 Å². The Morgan fingerprint density at radius 3 is 2.69 bits per heavy atom. The van der Waals surface area contributed by atoms with Gasteiger partial charge in [0.2, 0.25) is 11.8 Å². The fourth-order valence-corrected chi connectivity index (χ4v) is 4.01. The van der Waals surface area contributed by atoms with Crippen molar-refractivity contribution in [2.45, 2.75) is 22.7 Å². The zero-order valence-corrected chi connectivity index (χ0v) is 15.5. The molecule has 0 radical (unpaired) electrons. The normalized spacial score (nSPS) is 16.6. The van der Waals surface area contributed by atoms with Gasteiger partial charge in [0.1, 0.15) is 0 Å². The lowest BCUT2D eigenvalue weighted by Gasteiger charge is -2.23. The van der Waals surface area contributed by atoms with Crippen LogP contribution in [0.1, 0.15) is 12.0 Å². The Morgan fingerprint density at radius 1 is 1.23 bits per heavy atom. The van der Waals surface area contributed by atoms with Gasteiger partial charge in [-0.2, -0.15) is 13.2 Å². The molecule has 0 fully saturated rings. The van der Waals surface area contributed by atoms with Crippen LogP contribution in [0.15, 0.2) is 51.8 Å². The smallest absolute Gasteiger partial charge is 0.326 e. The van der Waals surface area contributed by atoms with E-state index in [4.69, 9.17) is 0 Å². The molecule has 1 atom stereocenters. The fourth-order valence-electron chi connectivity index (χ4n) is 2.43. The van der Waals surface area contributed by atoms with Crippen molar-refractivity contribution in [3.63, 3.8) is 0 Å². The van der Waals surface area contributed by atoms with E-state index in [0.29, 0.717) is 5.69 Å². The molecule has 1 aliphatic rings. The molecular weight excluding hydrogens is 433 g/mol. The number of halogens is 4. The maximum Gasteiger partial charge on any atom is 0.417 e. The summed E-state index contributed by atoms with van der Waals surface area (Å²) in [4.78, 5) is 25.1. The molecule has 0 unspecified atom stereocenters. The second-order valence-corrected chi connectivity index (χ2v) is 7.64. The number of nitrogens with one attached hydrogen (secondary N) is 2. The highest BCUT2D eigenvalue weighted by Gasteiger charge is 2.33. The van der Waals surface area contributed by atoms with Gasteiger partial charge in [-0.25, -0.2) is 0 Å². The van der Waals surface area contributed by atoms with Crippen LogP contribution in [0.2, 0.25) is 0 Å². The molecule has 2 aromatic rings. The van der Waals surface area contributed by atoms with Crippen molar-refractivity contribution in [1.82, 2.24) is 0 Å². The van der Waals surface area contributed by atoms with Gasteiger partial charge >= 0.3 is 6.18 Å². The summed E-state index contributed by atoms with van der Waals surface area (Å²) in [6, 6.07) is 10.6. The Kier molecular flexibility index (Phi) is 5.29. The molecule has 0 bridgehead atoms. The number of carbonyl (C=O) groups excluding carboxylic acids is 2. The minimum Gasteiger partial charge on any atom is -0.326 e. The Balaban J connectivity index is 1.69. The van der Waals surface area contributed by atoms with Crippen LogP contribution in [0.4, 0.5) is 24.5 Å². The lowest BCUT2D eigenvalue weighted by molar-refractivity contribution is -0.138. The van der Waals surface area contributed by atoms with Crippen molar-refractivity contribution in [1.29, 1.82) is 0 Å². The minimum atomic E-state index is -4.54. The topological polar surface area (TPSA) is 58.2 Å². The number of amides is 2. The van der Waals surface area contributed by atoms with Gasteiger partial charge in [-0.05, 0) is 30.3 Å². The number of benzene rings is 2. The van der Waals surface area contributed by atoms with Crippen LogP contribution in [-0.2, 0) is 15.8 Å². The molecule has 26 heavy (non-hydrogen) atoms. The number of para-hydroxylation sites is 1. The van der Waals surface area contributed by atoms with E-state index in [1.54, 1.807) is 12.1 Å². The van der Waals surface area contributed by atoms with Crippen molar-refractivity contribution in [3.05, 3.63) is 52.5 Å². The molecule has 0 saturated heterocycles. The largest absolute Gasteiger partial charge is 0.417 e. The fraction of sp³-hybridized carbons (Fsp3) is 0.176. The molecule has 9 heteroatoms. The third-order valence-corrected chi connectivity index (χ3v) is 5.60. The van der Waals surface area contributed by atoms with Crippen LogP contribution in [0.25, 0.3) is 0 Å². The van der Waals surface area contributed by atoms with Crippen molar-refractivity contribution in [3.8, 4) is 0 Å². The molecule has 0 saturated carbocycles. The van der Waals surface area contributed by atoms with Crippen LogP contribution < -0.4 is 10.6 Å². The molecular formula is C17H12BrF3N2O2S. The van der Waals surface area contributed by atoms with Gasteiger partial charge in [0, 0.05) is 21.5 Å². The predicted molar refractivity (Wildman–Crippen MR) is 97.1 cm³/mol. The number of hydrogen-bond acceptors (Lipinski definition) is 3. The molecule has 0 aliphatic carbocycles.